The van der Waals surface area contributed by atoms with E-state index in [0.717, 1.165) is 0 Å². The molecular weight excluding hydrogens is 715 g/mol. The van der Waals surface area contributed by atoms with Crippen LogP contribution >= 0.6 is 0 Å². The van der Waals surface area contributed by atoms with Crippen LogP contribution in [0.5, 0.6) is 0 Å². The number of benzene rings is 3. The van der Waals surface area contributed by atoms with Crippen molar-refractivity contribution in [3.63, 3.8) is 0 Å². The fourth-order valence-corrected chi connectivity index (χ4v) is 18.1. The fraction of sp³-hybridized carbons (Fsp3) is 0.413. The molecule has 0 fully saturated rings. The Labute approximate surface area is 317 Å². The molecule has 0 saturated heterocycles. The predicted molar refractivity (Wildman–Crippen MR) is 202 cm³/mol. The summed E-state index contributed by atoms with van der Waals surface area (Å²) < 4.78 is 5.07. The second-order valence-corrected chi connectivity index (χ2v) is 23.3. The van der Waals surface area contributed by atoms with E-state index in [-0.39, 0.29) is 41.1 Å². The Morgan fingerprint density at radius 3 is 1.59 bits per heavy atom. The molecule has 0 N–H and O–H groups in total. The molecule has 0 heterocycles. The summed E-state index contributed by atoms with van der Waals surface area (Å²) in [6, 6.07) is 20.1. The SMILES string of the molecule is CC1=CC(C)(C)c2cc3c(cc21)-c1cc2c(cc1[CH]3/[Zr+2](=[CH]/c1ccc(C(C)(C)C)cc1)[C]1=C(C)C(C(C)C)=CC1C)C(C)(C)C=C2C.[Cl-].[Cl-]. The van der Waals surface area contributed by atoms with Crippen molar-refractivity contribution in [1.29, 1.82) is 0 Å². The van der Waals surface area contributed by atoms with Crippen LogP contribution in [-0.4, -0.2) is 3.71 Å². The third-order valence-electron chi connectivity index (χ3n) is 11.7. The minimum Gasteiger partial charge on any atom is -1.00 e. The van der Waals surface area contributed by atoms with Crippen molar-refractivity contribution in [2.45, 2.75) is 110 Å². The molecule has 1 unspecified atom stereocenters. The summed E-state index contributed by atoms with van der Waals surface area (Å²) in [5.74, 6) is 1.04. The van der Waals surface area contributed by atoms with Gasteiger partial charge in [0.2, 0.25) is 0 Å². The van der Waals surface area contributed by atoms with Gasteiger partial charge in [0.15, 0.2) is 0 Å². The van der Waals surface area contributed by atoms with Crippen molar-refractivity contribution in [1.82, 2.24) is 0 Å². The topological polar surface area (TPSA) is 0 Å². The monoisotopic (exact) mass is 766 g/mol. The summed E-state index contributed by atoms with van der Waals surface area (Å²) in [5, 5.41) is 0. The van der Waals surface area contributed by atoms with Crippen molar-refractivity contribution < 1.29 is 46.1 Å². The summed E-state index contributed by atoms with van der Waals surface area (Å²) >= 11 is -2.64. The first-order chi connectivity index (χ1) is 21.9. The third-order valence-corrected chi connectivity index (χ3v) is 20.0. The minimum atomic E-state index is -2.64. The summed E-state index contributed by atoms with van der Waals surface area (Å²) in [6.07, 6.45) is 7.60. The molecule has 4 aliphatic rings. The number of allylic oxidation sites excluding steroid dienone is 8. The average Bonchev–Trinajstić information content (AvgIpc) is 3.61. The number of hydrogen-bond donors (Lipinski definition) is 0. The molecule has 3 heteroatoms. The van der Waals surface area contributed by atoms with E-state index in [4.69, 9.17) is 0 Å². The molecule has 0 nitrogen and oxygen atoms in total. The largest absolute Gasteiger partial charge is 1.00 e. The van der Waals surface area contributed by atoms with Crippen LogP contribution < -0.4 is 24.8 Å². The molecule has 4 aliphatic carbocycles. The Morgan fingerprint density at radius 2 is 1.18 bits per heavy atom. The molecule has 3 aromatic rings. The molecule has 0 amide bonds. The zero-order valence-corrected chi connectivity index (χ0v) is 35.9. The van der Waals surface area contributed by atoms with Crippen LogP contribution in [0, 0.1) is 11.8 Å². The van der Waals surface area contributed by atoms with E-state index in [0.29, 0.717) is 15.5 Å². The normalized spacial score (nSPS) is 19.9. The molecule has 0 aliphatic heterocycles. The van der Waals surface area contributed by atoms with Crippen molar-refractivity contribution in [3.05, 3.63) is 126 Å². The maximum absolute atomic E-state index is 2.83. The molecule has 0 spiro atoms. The molecule has 256 valence electrons. The summed E-state index contributed by atoms with van der Waals surface area (Å²) in [7, 11) is 0. The van der Waals surface area contributed by atoms with Gasteiger partial charge < -0.3 is 24.8 Å². The van der Waals surface area contributed by atoms with E-state index in [1.54, 1.807) is 25.6 Å². The van der Waals surface area contributed by atoms with Gasteiger partial charge >= 0.3 is 295 Å². The molecule has 0 aromatic heterocycles. The van der Waals surface area contributed by atoms with E-state index in [1.807, 2.05) is 0 Å². The molecule has 7 rings (SSSR count). The van der Waals surface area contributed by atoms with Gasteiger partial charge in [-0.2, -0.15) is 0 Å². The number of fused-ring (bicyclic) bond motifs is 5. The average molecular weight is 769 g/mol. The van der Waals surface area contributed by atoms with Gasteiger partial charge in [-0.15, -0.1) is 0 Å². The second-order valence-electron chi connectivity index (χ2n) is 17.6. The molecule has 0 bridgehead atoms. The van der Waals surface area contributed by atoms with Gasteiger partial charge in [-0.25, -0.2) is 0 Å². The molecule has 0 radical (unpaired) electrons. The van der Waals surface area contributed by atoms with Crippen LogP contribution in [0.25, 0.3) is 22.3 Å². The Balaban J connectivity index is 0.00000234. The second kappa shape index (κ2) is 12.9. The Morgan fingerprint density at radius 1 is 0.714 bits per heavy atom. The summed E-state index contributed by atoms with van der Waals surface area (Å²) in [5.41, 5.74) is 21.2. The summed E-state index contributed by atoms with van der Waals surface area (Å²) in [6.45, 7) is 30.9. The van der Waals surface area contributed by atoms with Gasteiger partial charge in [-0.1, -0.05) is 0 Å². The maximum Gasteiger partial charge on any atom is -1.00 e. The van der Waals surface area contributed by atoms with Crippen molar-refractivity contribution in [2.24, 2.45) is 11.8 Å². The van der Waals surface area contributed by atoms with Crippen molar-refractivity contribution in [2.75, 3.05) is 0 Å². The van der Waals surface area contributed by atoms with Gasteiger partial charge in [-0.05, 0) is 0 Å². The minimum absolute atomic E-state index is 0. The van der Waals surface area contributed by atoms with Crippen LogP contribution in [0.1, 0.15) is 138 Å². The van der Waals surface area contributed by atoms with E-state index < -0.39 is 21.3 Å². The van der Waals surface area contributed by atoms with Crippen LogP contribution in [-0.2, 0) is 37.5 Å². The molecule has 1 atom stereocenters. The van der Waals surface area contributed by atoms with Crippen LogP contribution in [0.15, 0.2) is 81.2 Å². The maximum atomic E-state index is 2.83. The van der Waals surface area contributed by atoms with Gasteiger partial charge in [0, 0.05) is 0 Å². The van der Waals surface area contributed by atoms with Crippen LogP contribution in [0.2, 0.25) is 0 Å². The number of hydrogen-bond acceptors (Lipinski definition) is 0. The first-order valence-corrected chi connectivity index (χ1v) is 22.0. The van der Waals surface area contributed by atoms with Crippen molar-refractivity contribution >= 4 is 14.9 Å². The van der Waals surface area contributed by atoms with E-state index in [2.05, 4.69) is 160 Å². The molecular formula is C46H54Cl2Zr. The van der Waals surface area contributed by atoms with Crippen LogP contribution in [0.3, 0.4) is 0 Å². The number of rotatable bonds is 4. The Bertz CT molecular complexity index is 1930. The molecule has 0 saturated carbocycles. The smallest absolute Gasteiger partial charge is 1.00 e. The van der Waals surface area contributed by atoms with Gasteiger partial charge in [0.25, 0.3) is 0 Å². The predicted octanol–water partition coefficient (Wildman–Crippen LogP) is 6.43. The first kappa shape index (κ1) is 38.2. The zero-order chi connectivity index (χ0) is 34.0. The first-order valence-electron chi connectivity index (χ1n) is 17.9. The van der Waals surface area contributed by atoms with Crippen molar-refractivity contribution in [3.8, 4) is 11.1 Å². The fourth-order valence-electron chi connectivity index (χ4n) is 9.45. The summed E-state index contributed by atoms with van der Waals surface area (Å²) in [4.78, 5) is 0. The third kappa shape index (κ3) is 6.17. The molecule has 49 heavy (non-hydrogen) atoms. The number of halogens is 2. The molecule has 3 aromatic carbocycles. The van der Waals surface area contributed by atoms with E-state index >= 15 is 0 Å². The van der Waals surface area contributed by atoms with Gasteiger partial charge in [0.05, 0.1) is 0 Å². The quantitative estimate of drug-likeness (QED) is 0.288. The van der Waals surface area contributed by atoms with E-state index in [1.165, 1.54) is 55.7 Å². The van der Waals surface area contributed by atoms with Crippen LogP contribution in [0.4, 0.5) is 0 Å². The van der Waals surface area contributed by atoms with Gasteiger partial charge in [0.1, 0.15) is 0 Å². The Hall–Kier alpha value is -2.05. The standard InChI is InChI=1S/C25H25.C11H14.C10H15.2ClH.Zr/c1-14-12-24(3,4)22-8-16-7-17-9-23-19(15(2)13-25(23,5)6)11-21(17)20(16)10-18(14)22;1-9-5-7-10(8-6-9)11(2,3)4;1-7(2)10-6-8(3)5-9(10)4;;;/h7-13H,1-6H3;1,5-8H,2-4H3;6-8H,1-4H3;2*1H;/q;;;;;+2/p-2. The zero-order valence-electron chi connectivity index (χ0n) is 31.9. The Kier molecular flexibility index (Phi) is 10.0. The van der Waals surface area contributed by atoms with Gasteiger partial charge in [-0.3, -0.25) is 0 Å². The van der Waals surface area contributed by atoms with E-state index in [9.17, 15) is 0 Å².